The van der Waals surface area contributed by atoms with Crippen LogP contribution in [0, 0.1) is 13.8 Å². The molecule has 0 aliphatic rings. The third-order valence-electron chi connectivity index (χ3n) is 5.87. The first-order valence-electron chi connectivity index (χ1n) is 13.2. The van der Waals surface area contributed by atoms with Crippen LogP contribution in [0.15, 0.2) is 73.1 Å². The third-order valence-corrected chi connectivity index (χ3v) is 5.87. The first-order chi connectivity index (χ1) is 21.9. The number of imidazole rings is 2. The van der Waals surface area contributed by atoms with Crippen molar-refractivity contribution >= 4 is 22.1 Å². The molecule has 2 aromatic carbocycles. The smallest absolute Gasteiger partial charge is 0.524 e. The Morgan fingerprint density at radius 3 is 1.28 bits per heavy atom. The first-order valence-corrected chi connectivity index (χ1v) is 13.2. The zero-order valence-corrected chi connectivity index (χ0v) is 26.9. The molecular formula is C30H22F6N6O4Y-2. The van der Waals surface area contributed by atoms with Crippen LogP contribution in [-0.4, -0.2) is 55.8 Å². The maximum absolute atomic E-state index is 12.2. The van der Waals surface area contributed by atoms with E-state index >= 15 is 0 Å². The second kappa shape index (κ2) is 15.0. The molecule has 0 aliphatic carbocycles. The number of pyridine rings is 2. The predicted molar refractivity (Wildman–Crippen MR) is 154 cm³/mol. The standard InChI is InChI=1S/2C15H11F3N3O2.Y/c2*1-2-22-10-4-6-12(19-8-10)14-20-11-5-3-9(7-13(11)21-14)23-15(16,17)18;/h2*3-8H,1-2H2,(H,20,21);/q2*-1;. The number of nitrogens with zero attached hydrogens (tertiary/aromatic N) is 4. The van der Waals surface area contributed by atoms with Crippen molar-refractivity contribution in [2.75, 3.05) is 13.2 Å². The maximum atomic E-state index is 12.2. The molecule has 47 heavy (non-hydrogen) atoms. The maximum Gasteiger partial charge on any atom is 0.573 e. The summed E-state index contributed by atoms with van der Waals surface area (Å²) < 4.78 is 91.6. The molecular weight excluding hydrogens is 711 g/mol. The summed E-state index contributed by atoms with van der Waals surface area (Å²) in [5.41, 5.74) is 2.93. The van der Waals surface area contributed by atoms with Crippen molar-refractivity contribution in [3.05, 3.63) is 86.9 Å². The fourth-order valence-electron chi connectivity index (χ4n) is 4.06. The Kier molecular flexibility index (Phi) is 11.3. The van der Waals surface area contributed by atoms with Crippen molar-refractivity contribution in [3.8, 4) is 46.0 Å². The molecule has 17 heteroatoms. The number of H-pyrrole nitrogens is 2. The van der Waals surface area contributed by atoms with Crippen LogP contribution in [0.4, 0.5) is 26.3 Å². The van der Waals surface area contributed by atoms with Crippen LogP contribution in [0.5, 0.6) is 23.0 Å². The Morgan fingerprint density at radius 1 is 0.574 bits per heavy atom. The monoisotopic (exact) mass is 733 g/mol. The Morgan fingerprint density at radius 2 is 0.957 bits per heavy atom. The average Bonchev–Trinajstić information content (AvgIpc) is 3.61. The van der Waals surface area contributed by atoms with Gasteiger partial charge in [-0.2, -0.15) is 0 Å². The Bertz CT molecular complexity index is 1770. The number of hydrogen-bond donors (Lipinski definition) is 2. The topological polar surface area (TPSA) is 120 Å². The number of aromatic nitrogens is 6. The molecule has 6 aromatic rings. The van der Waals surface area contributed by atoms with E-state index in [1.807, 2.05) is 0 Å². The number of benzene rings is 2. The van der Waals surface area contributed by atoms with Gasteiger partial charge in [-0.15, -0.1) is 26.3 Å². The number of nitrogens with one attached hydrogen (secondary N) is 2. The molecule has 0 atom stereocenters. The fraction of sp³-hybridized carbons (Fsp3) is 0.133. The molecule has 0 amide bonds. The van der Waals surface area contributed by atoms with Crippen LogP contribution < -0.4 is 18.9 Å². The van der Waals surface area contributed by atoms with E-state index < -0.39 is 12.7 Å². The molecule has 0 unspecified atom stereocenters. The minimum atomic E-state index is -4.73. The fourth-order valence-corrected chi connectivity index (χ4v) is 4.06. The molecule has 243 valence electrons. The Balaban J connectivity index is 0.000000208. The third kappa shape index (κ3) is 9.78. The van der Waals surface area contributed by atoms with Crippen LogP contribution in [0.2, 0.25) is 0 Å². The second-order valence-corrected chi connectivity index (χ2v) is 9.08. The van der Waals surface area contributed by atoms with Crippen molar-refractivity contribution in [2.24, 2.45) is 0 Å². The van der Waals surface area contributed by atoms with Gasteiger partial charge in [0, 0.05) is 44.8 Å². The minimum Gasteiger partial charge on any atom is -0.524 e. The van der Waals surface area contributed by atoms with Crippen LogP contribution >= 0.6 is 0 Å². The van der Waals surface area contributed by atoms with E-state index in [0.29, 0.717) is 56.6 Å². The van der Waals surface area contributed by atoms with E-state index in [1.54, 1.807) is 24.3 Å². The second-order valence-electron chi connectivity index (χ2n) is 9.08. The summed E-state index contributed by atoms with van der Waals surface area (Å²) in [6, 6.07) is 14.6. The van der Waals surface area contributed by atoms with Gasteiger partial charge in [-0.1, -0.05) is 0 Å². The summed E-state index contributed by atoms with van der Waals surface area (Å²) in [6.45, 7) is 7.70. The van der Waals surface area contributed by atoms with Gasteiger partial charge in [0.05, 0.1) is 34.5 Å². The summed E-state index contributed by atoms with van der Waals surface area (Å²) >= 11 is 0. The SMILES string of the molecule is [CH2-]COc1ccc(-c2nc3ccc(OC(F)(F)F)cc3[nH]2)nc1.[CH2-]COc1ccc(-c2nc3ccc(OC(F)(F)F)cc3[nH]2)nc1.[Y]. The number of alkyl halides is 6. The van der Waals surface area contributed by atoms with Gasteiger partial charge in [-0.05, 0) is 61.7 Å². The van der Waals surface area contributed by atoms with Crippen LogP contribution in [-0.2, 0) is 32.7 Å². The van der Waals surface area contributed by atoms with Crippen LogP contribution in [0.25, 0.3) is 45.1 Å². The summed E-state index contributed by atoms with van der Waals surface area (Å²) in [5.74, 6) is 1.39. The normalized spacial score (nSPS) is 11.4. The van der Waals surface area contributed by atoms with Crippen LogP contribution in [0.3, 0.4) is 0 Å². The number of ether oxygens (including phenoxy) is 4. The molecule has 6 rings (SSSR count). The molecule has 0 spiro atoms. The number of halogens is 6. The van der Waals surface area contributed by atoms with Gasteiger partial charge in [0.25, 0.3) is 0 Å². The van der Waals surface area contributed by atoms with Crippen molar-refractivity contribution in [2.45, 2.75) is 12.7 Å². The van der Waals surface area contributed by atoms with E-state index in [1.165, 1.54) is 48.8 Å². The zero-order chi connectivity index (χ0) is 32.9. The summed E-state index contributed by atoms with van der Waals surface area (Å²) in [6.07, 6.45) is -6.43. The predicted octanol–water partition coefficient (Wildman–Crippen LogP) is 7.47. The van der Waals surface area contributed by atoms with Gasteiger partial charge >= 0.3 is 12.7 Å². The van der Waals surface area contributed by atoms with E-state index in [9.17, 15) is 26.3 Å². The minimum absolute atomic E-state index is 0. The van der Waals surface area contributed by atoms with Crippen LogP contribution in [0.1, 0.15) is 0 Å². The van der Waals surface area contributed by atoms with Crippen molar-refractivity contribution in [3.63, 3.8) is 0 Å². The molecule has 2 N–H and O–H groups in total. The molecule has 4 heterocycles. The van der Waals surface area contributed by atoms with E-state index in [2.05, 4.69) is 53.2 Å². The van der Waals surface area contributed by atoms with Gasteiger partial charge in [0.1, 0.15) is 34.4 Å². The van der Waals surface area contributed by atoms with Gasteiger partial charge in [-0.25, -0.2) is 19.9 Å². The number of rotatable bonds is 8. The van der Waals surface area contributed by atoms with Crippen molar-refractivity contribution in [1.82, 2.24) is 29.9 Å². The van der Waals surface area contributed by atoms with E-state index in [-0.39, 0.29) is 57.4 Å². The zero-order valence-electron chi connectivity index (χ0n) is 24.0. The first kappa shape index (κ1) is 35.4. The quantitative estimate of drug-likeness (QED) is 0.122. The van der Waals surface area contributed by atoms with Gasteiger partial charge in [-0.3, -0.25) is 0 Å². The van der Waals surface area contributed by atoms with E-state index in [4.69, 9.17) is 9.47 Å². The summed E-state index contributed by atoms with van der Waals surface area (Å²) in [5, 5.41) is 0. The molecule has 1 radical (unpaired) electrons. The van der Waals surface area contributed by atoms with Gasteiger partial charge < -0.3 is 42.8 Å². The largest absolute Gasteiger partial charge is 0.573 e. The molecule has 0 fully saturated rings. The molecule has 0 bridgehead atoms. The Labute approximate surface area is 287 Å². The van der Waals surface area contributed by atoms with Gasteiger partial charge in [0.2, 0.25) is 0 Å². The molecule has 0 saturated heterocycles. The molecule has 0 aliphatic heterocycles. The summed E-state index contributed by atoms with van der Waals surface area (Å²) in [4.78, 5) is 22.8. The van der Waals surface area contributed by atoms with Gasteiger partial charge in [0.15, 0.2) is 11.6 Å². The Hall–Kier alpha value is -4.44. The summed E-state index contributed by atoms with van der Waals surface area (Å²) in [7, 11) is 0. The van der Waals surface area contributed by atoms with Crippen molar-refractivity contribution in [1.29, 1.82) is 0 Å². The molecule has 10 nitrogen and oxygen atoms in total. The van der Waals surface area contributed by atoms with Crippen molar-refractivity contribution < 1.29 is 78.0 Å². The average molecular weight is 733 g/mol. The molecule has 0 saturated carbocycles. The van der Waals surface area contributed by atoms with E-state index in [0.717, 1.165) is 0 Å². The number of aromatic amines is 2. The number of fused-ring (bicyclic) bond motifs is 2. The number of hydrogen-bond acceptors (Lipinski definition) is 8. The molecule has 4 aromatic heterocycles.